The summed E-state index contributed by atoms with van der Waals surface area (Å²) in [7, 11) is 0. The predicted octanol–water partition coefficient (Wildman–Crippen LogP) is 5.96. The summed E-state index contributed by atoms with van der Waals surface area (Å²) in [6, 6.07) is 11.7. The number of benzene rings is 2. The fraction of sp³-hybridized carbons (Fsp3) is 0.217. The van der Waals surface area contributed by atoms with E-state index in [0.29, 0.717) is 29.6 Å². The number of halogens is 1. The highest BCUT2D eigenvalue weighted by Crippen LogP contribution is 2.38. The first-order valence-corrected chi connectivity index (χ1v) is 11.0. The van der Waals surface area contributed by atoms with Crippen LogP contribution in [0, 0.1) is 6.92 Å². The molecule has 0 aromatic heterocycles. The van der Waals surface area contributed by atoms with Crippen LogP contribution in [0.4, 0.5) is 4.79 Å². The van der Waals surface area contributed by atoms with E-state index in [1.54, 1.807) is 12.1 Å². The third kappa shape index (κ3) is 5.15. The van der Waals surface area contributed by atoms with Gasteiger partial charge in [-0.15, -0.1) is 6.58 Å². The number of nitrogens with zero attached hydrogens (tertiary/aromatic N) is 1. The van der Waals surface area contributed by atoms with Gasteiger partial charge in [0, 0.05) is 11.0 Å². The third-order valence-corrected chi connectivity index (χ3v) is 5.91. The molecule has 2 amide bonds. The number of amides is 2. The van der Waals surface area contributed by atoms with E-state index in [1.807, 2.05) is 38.1 Å². The van der Waals surface area contributed by atoms with E-state index in [4.69, 9.17) is 9.47 Å². The van der Waals surface area contributed by atoms with Crippen molar-refractivity contribution in [3.63, 3.8) is 0 Å². The fourth-order valence-electron chi connectivity index (χ4n) is 2.93. The van der Waals surface area contributed by atoms with E-state index < -0.39 is 0 Å². The standard InChI is InChI=1S/C23H22BrNO4S/c1-4-9-25-22(26)21(30-23(25)27)12-17-11-19(28-5-2)20(13-18(17)24)29-14-16-8-6-7-15(3)10-16/h4,6-8,10-13H,1,5,9,14H2,2-3H3/b21-12+. The zero-order chi connectivity index (χ0) is 21.7. The predicted molar refractivity (Wildman–Crippen MR) is 124 cm³/mol. The maximum Gasteiger partial charge on any atom is 0.293 e. The Bertz CT molecular complexity index is 1020. The number of ether oxygens (including phenoxy) is 2. The van der Waals surface area contributed by atoms with Crippen LogP contribution in [0.15, 0.2) is 58.4 Å². The Hall–Kier alpha value is -2.51. The highest BCUT2D eigenvalue weighted by molar-refractivity contribution is 9.10. The first-order valence-electron chi connectivity index (χ1n) is 9.44. The van der Waals surface area contributed by atoms with Gasteiger partial charge in [0.2, 0.25) is 0 Å². The quantitative estimate of drug-likeness (QED) is 0.339. The van der Waals surface area contributed by atoms with Crippen LogP contribution in [-0.2, 0) is 11.4 Å². The van der Waals surface area contributed by atoms with Crippen molar-refractivity contribution in [3.8, 4) is 11.5 Å². The van der Waals surface area contributed by atoms with Crippen LogP contribution in [0.5, 0.6) is 11.5 Å². The van der Waals surface area contributed by atoms with Gasteiger partial charge in [-0.25, -0.2) is 0 Å². The molecule has 1 aliphatic heterocycles. The Labute approximate surface area is 188 Å². The van der Waals surface area contributed by atoms with Crippen molar-refractivity contribution in [1.82, 2.24) is 4.90 Å². The molecule has 1 fully saturated rings. The Balaban J connectivity index is 1.86. The Morgan fingerprint density at radius 1 is 1.17 bits per heavy atom. The molecule has 2 aromatic rings. The molecule has 1 aliphatic rings. The molecule has 0 N–H and O–H groups in total. The summed E-state index contributed by atoms with van der Waals surface area (Å²) in [5, 5.41) is -0.301. The highest BCUT2D eigenvalue weighted by atomic mass is 79.9. The summed E-state index contributed by atoms with van der Waals surface area (Å²) in [5.74, 6) is 0.849. The molecule has 7 heteroatoms. The molecule has 2 aromatic carbocycles. The molecule has 1 saturated heterocycles. The number of imide groups is 1. The van der Waals surface area contributed by atoms with Crippen molar-refractivity contribution in [2.24, 2.45) is 0 Å². The lowest BCUT2D eigenvalue weighted by Gasteiger charge is -2.14. The largest absolute Gasteiger partial charge is 0.490 e. The van der Waals surface area contributed by atoms with E-state index in [1.165, 1.54) is 16.5 Å². The lowest BCUT2D eigenvalue weighted by Crippen LogP contribution is -2.27. The van der Waals surface area contributed by atoms with Gasteiger partial charge in [-0.2, -0.15) is 0 Å². The van der Waals surface area contributed by atoms with Gasteiger partial charge in [0.25, 0.3) is 11.1 Å². The van der Waals surface area contributed by atoms with Crippen molar-refractivity contribution < 1.29 is 19.1 Å². The maximum atomic E-state index is 12.5. The molecule has 0 spiro atoms. The molecule has 30 heavy (non-hydrogen) atoms. The summed E-state index contributed by atoms with van der Waals surface area (Å²) in [4.78, 5) is 26.1. The molecule has 0 saturated carbocycles. The average Bonchev–Trinajstić information content (AvgIpc) is 2.97. The summed E-state index contributed by atoms with van der Waals surface area (Å²) in [5.41, 5.74) is 2.96. The topological polar surface area (TPSA) is 55.8 Å². The second-order valence-corrected chi connectivity index (χ2v) is 8.46. The molecule has 1 heterocycles. The van der Waals surface area contributed by atoms with Crippen LogP contribution < -0.4 is 9.47 Å². The SMILES string of the molecule is C=CCN1C(=O)S/C(=C/c2cc(OCC)c(OCc3cccc(C)c3)cc2Br)C1=O. The molecule has 0 unspecified atom stereocenters. The van der Waals surface area contributed by atoms with Crippen LogP contribution in [0.2, 0.25) is 0 Å². The number of rotatable bonds is 8. The molecule has 156 valence electrons. The molecular formula is C23H22BrNO4S. The molecule has 3 rings (SSSR count). The third-order valence-electron chi connectivity index (χ3n) is 4.31. The van der Waals surface area contributed by atoms with Gasteiger partial charge in [0.1, 0.15) is 6.61 Å². The van der Waals surface area contributed by atoms with Crippen LogP contribution in [0.25, 0.3) is 6.08 Å². The number of thioether (sulfide) groups is 1. The minimum Gasteiger partial charge on any atom is -0.490 e. The van der Waals surface area contributed by atoms with Crippen molar-refractivity contribution in [3.05, 3.63) is 75.1 Å². The van der Waals surface area contributed by atoms with Crippen LogP contribution in [-0.4, -0.2) is 29.2 Å². The molecular weight excluding hydrogens is 466 g/mol. The van der Waals surface area contributed by atoms with E-state index in [2.05, 4.69) is 28.6 Å². The fourth-order valence-corrected chi connectivity index (χ4v) is 4.21. The van der Waals surface area contributed by atoms with Gasteiger partial charge in [0.05, 0.1) is 11.5 Å². The minimum absolute atomic E-state index is 0.194. The number of carbonyl (C=O) groups excluding carboxylic acids is 2. The van der Waals surface area contributed by atoms with Crippen molar-refractivity contribution in [1.29, 1.82) is 0 Å². The van der Waals surface area contributed by atoms with Crippen molar-refractivity contribution >= 4 is 44.9 Å². The Kier molecular flexibility index (Phi) is 7.39. The molecule has 0 radical (unpaired) electrons. The Morgan fingerprint density at radius 3 is 2.63 bits per heavy atom. The van der Waals surface area contributed by atoms with Gasteiger partial charge in [0.15, 0.2) is 11.5 Å². The number of hydrogen-bond acceptors (Lipinski definition) is 5. The van der Waals surface area contributed by atoms with E-state index in [-0.39, 0.29) is 17.7 Å². The summed E-state index contributed by atoms with van der Waals surface area (Å²) in [6.07, 6.45) is 3.22. The normalized spacial score (nSPS) is 15.0. The maximum absolute atomic E-state index is 12.5. The average molecular weight is 488 g/mol. The number of carbonyl (C=O) groups is 2. The van der Waals surface area contributed by atoms with Gasteiger partial charge >= 0.3 is 0 Å². The first-order chi connectivity index (χ1) is 14.4. The van der Waals surface area contributed by atoms with Crippen LogP contribution in [0.1, 0.15) is 23.6 Å². The summed E-state index contributed by atoms with van der Waals surface area (Å²) in [6.45, 7) is 8.60. The molecule has 5 nitrogen and oxygen atoms in total. The van der Waals surface area contributed by atoms with E-state index in [9.17, 15) is 9.59 Å². The Morgan fingerprint density at radius 2 is 1.93 bits per heavy atom. The van der Waals surface area contributed by atoms with Gasteiger partial charge < -0.3 is 9.47 Å². The van der Waals surface area contributed by atoms with E-state index >= 15 is 0 Å². The van der Waals surface area contributed by atoms with Gasteiger partial charge in [-0.05, 0) is 54.9 Å². The van der Waals surface area contributed by atoms with Gasteiger partial charge in [-0.3, -0.25) is 14.5 Å². The molecule has 0 aliphatic carbocycles. The van der Waals surface area contributed by atoms with Crippen molar-refractivity contribution in [2.75, 3.05) is 13.2 Å². The molecule has 0 atom stereocenters. The lowest BCUT2D eigenvalue weighted by molar-refractivity contribution is -0.122. The van der Waals surface area contributed by atoms with Crippen LogP contribution in [0.3, 0.4) is 0 Å². The zero-order valence-corrected chi connectivity index (χ0v) is 19.2. The summed E-state index contributed by atoms with van der Waals surface area (Å²) >= 11 is 4.46. The summed E-state index contributed by atoms with van der Waals surface area (Å²) < 4.78 is 12.5. The van der Waals surface area contributed by atoms with Crippen LogP contribution >= 0.6 is 27.7 Å². The van der Waals surface area contributed by atoms with E-state index in [0.717, 1.165) is 27.4 Å². The monoisotopic (exact) mass is 487 g/mol. The van der Waals surface area contributed by atoms with Crippen molar-refractivity contribution in [2.45, 2.75) is 20.5 Å². The molecule has 0 bridgehead atoms. The number of hydrogen-bond donors (Lipinski definition) is 0. The minimum atomic E-state index is -0.325. The number of aryl methyl sites for hydroxylation is 1. The van der Waals surface area contributed by atoms with Gasteiger partial charge in [-0.1, -0.05) is 51.8 Å². The second kappa shape index (κ2) is 10.00. The lowest BCUT2D eigenvalue weighted by atomic mass is 10.1. The smallest absolute Gasteiger partial charge is 0.293 e. The second-order valence-electron chi connectivity index (χ2n) is 6.61. The zero-order valence-electron chi connectivity index (χ0n) is 16.8. The highest BCUT2D eigenvalue weighted by Gasteiger charge is 2.34. The first kappa shape index (κ1) is 22.2.